The molecule has 2 aliphatic heterocycles. The van der Waals surface area contributed by atoms with Gasteiger partial charge < -0.3 is 4.74 Å². The average molecular weight is 197 g/mol. The molecule has 1 atom stereocenters. The quantitative estimate of drug-likeness (QED) is 0.591. The fraction of sp³-hybridized carbons (Fsp3) is 1.00. The summed E-state index contributed by atoms with van der Waals surface area (Å²) in [5.41, 5.74) is 0.835. The summed E-state index contributed by atoms with van der Waals surface area (Å²) in [7, 11) is 0. The van der Waals surface area contributed by atoms with E-state index in [4.69, 9.17) is 4.74 Å². The summed E-state index contributed by atoms with van der Waals surface area (Å²) in [6.45, 7) is 11.5. The third kappa shape index (κ3) is 1.96. The highest BCUT2D eigenvalue weighted by Crippen LogP contribution is 2.39. The lowest BCUT2D eigenvalue weighted by Gasteiger charge is -2.46. The summed E-state index contributed by atoms with van der Waals surface area (Å²) < 4.78 is 5.57. The van der Waals surface area contributed by atoms with Gasteiger partial charge in [0.2, 0.25) is 0 Å². The molecule has 0 amide bonds. The Bertz CT molecular complexity index is 201. The Labute approximate surface area is 87.6 Å². The van der Waals surface area contributed by atoms with Gasteiger partial charge in [0.25, 0.3) is 0 Å². The highest BCUT2D eigenvalue weighted by atomic mass is 16.5. The zero-order valence-corrected chi connectivity index (χ0v) is 9.81. The van der Waals surface area contributed by atoms with Gasteiger partial charge in [0.05, 0.1) is 6.61 Å². The monoisotopic (exact) mass is 197 g/mol. The lowest BCUT2D eigenvalue weighted by atomic mass is 9.78. The summed E-state index contributed by atoms with van der Waals surface area (Å²) in [5, 5.41) is 0. The Kier molecular flexibility index (Phi) is 2.61. The summed E-state index contributed by atoms with van der Waals surface area (Å²) in [5.74, 6) is 0. The Balaban J connectivity index is 2.03. The second kappa shape index (κ2) is 3.49. The zero-order chi connectivity index (χ0) is 10.2. The van der Waals surface area contributed by atoms with Gasteiger partial charge in [-0.1, -0.05) is 0 Å². The smallest absolute Gasteiger partial charge is 0.0535 e. The van der Waals surface area contributed by atoms with Gasteiger partial charge in [0, 0.05) is 24.1 Å². The minimum absolute atomic E-state index is 0.329. The van der Waals surface area contributed by atoms with E-state index in [0.29, 0.717) is 11.0 Å². The topological polar surface area (TPSA) is 12.5 Å². The number of likely N-dealkylation sites (tertiary alicyclic amines) is 1. The summed E-state index contributed by atoms with van der Waals surface area (Å²) >= 11 is 0. The van der Waals surface area contributed by atoms with Gasteiger partial charge in [-0.05, 0) is 46.6 Å². The molecule has 0 N–H and O–H groups in total. The Morgan fingerprint density at radius 2 is 2.00 bits per heavy atom. The summed E-state index contributed by atoms with van der Waals surface area (Å²) in [6.07, 6.45) is 4.00. The first kappa shape index (κ1) is 10.4. The number of hydrogen-bond acceptors (Lipinski definition) is 2. The lowest BCUT2D eigenvalue weighted by Crippen LogP contribution is -2.51. The molecule has 0 aliphatic carbocycles. The van der Waals surface area contributed by atoms with Crippen LogP contribution in [0.3, 0.4) is 0 Å². The molecule has 0 saturated carbocycles. The highest BCUT2D eigenvalue weighted by Gasteiger charge is 2.41. The average Bonchev–Trinajstić information content (AvgIpc) is 2.52. The van der Waals surface area contributed by atoms with Crippen molar-refractivity contribution in [3.05, 3.63) is 0 Å². The first-order valence-corrected chi connectivity index (χ1v) is 5.85. The van der Waals surface area contributed by atoms with Crippen LogP contribution in [0.4, 0.5) is 0 Å². The van der Waals surface area contributed by atoms with E-state index in [1.54, 1.807) is 0 Å². The predicted octanol–water partition coefficient (Wildman–Crippen LogP) is 2.29. The molecule has 14 heavy (non-hydrogen) atoms. The second-order valence-corrected chi connectivity index (χ2v) is 6.00. The maximum Gasteiger partial charge on any atom is 0.0535 e. The van der Waals surface area contributed by atoms with Crippen LogP contribution in [0, 0.1) is 5.41 Å². The van der Waals surface area contributed by atoms with E-state index in [-0.39, 0.29) is 0 Å². The standard InChI is InChI=1S/C12H23NO/c1-11(2,3)13-7-4-5-12(9-13)6-8-14-10-12/h4-10H2,1-3H3. The normalized spacial score (nSPS) is 35.4. The number of piperidine rings is 1. The number of nitrogens with zero attached hydrogens (tertiary/aromatic N) is 1. The van der Waals surface area contributed by atoms with E-state index in [1.807, 2.05) is 0 Å². The van der Waals surface area contributed by atoms with Gasteiger partial charge in [-0.15, -0.1) is 0 Å². The van der Waals surface area contributed by atoms with Crippen LogP contribution in [0.2, 0.25) is 0 Å². The molecular formula is C12H23NO. The minimum atomic E-state index is 0.329. The molecule has 2 nitrogen and oxygen atoms in total. The van der Waals surface area contributed by atoms with E-state index in [9.17, 15) is 0 Å². The summed E-state index contributed by atoms with van der Waals surface area (Å²) in [6, 6.07) is 0. The van der Waals surface area contributed by atoms with Crippen LogP contribution >= 0.6 is 0 Å². The van der Waals surface area contributed by atoms with Crippen molar-refractivity contribution in [1.82, 2.24) is 4.90 Å². The number of hydrogen-bond donors (Lipinski definition) is 0. The molecule has 0 bridgehead atoms. The maximum atomic E-state index is 5.57. The molecule has 1 unspecified atom stereocenters. The van der Waals surface area contributed by atoms with Crippen molar-refractivity contribution in [3.8, 4) is 0 Å². The van der Waals surface area contributed by atoms with Crippen LogP contribution in [-0.4, -0.2) is 36.7 Å². The summed E-state index contributed by atoms with van der Waals surface area (Å²) in [4.78, 5) is 2.63. The largest absolute Gasteiger partial charge is 0.381 e. The molecule has 2 rings (SSSR count). The molecule has 2 aliphatic rings. The molecule has 0 radical (unpaired) electrons. The van der Waals surface area contributed by atoms with E-state index >= 15 is 0 Å². The van der Waals surface area contributed by atoms with Crippen molar-refractivity contribution in [3.63, 3.8) is 0 Å². The molecule has 2 fully saturated rings. The van der Waals surface area contributed by atoms with Crippen LogP contribution < -0.4 is 0 Å². The van der Waals surface area contributed by atoms with Gasteiger partial charge in [-0.25, -0.2) is 0 Å². The zero-order valence-electron chi connectivity index (χ0n) is 9.81. The lowest BCUT2D eigenvalue weighted by molar-refractivity contribution is 0.0182. The third-order valence-corrected chi connectivity index (χ3v) is 3.80. The highest BCUT2D eigenvalue weighted by molar-refractivity contribution is 4.93. The predicted molar refractivity (Wildman–Crippen MR) is 58.4 cm³/mol. The third-order valence-electron chi connectivity index (χ3n) is 3.80. The molecule has 2 saturated heterocycles. The van der Waals surface area contributed by atoms with Crippen LogP contribution in [0.5, 0.6) is 0 Å². The molecule has 2 heterocycles. The van der Waals surface area contributed by atoms with Gasteiger partial charge in [0.1, 0.15) is 0 Å². The number of ether oxygens (including phenoxy) is 1. The van der Waals surface area contributed by atoms with Gasteiger partial charge in [0.15, 0.2) is 0 Å². The van der Waals surface area contributed by atoms with Gasteiger partial charge >= 0.3 is 0 Å². The molecule has 1 spiro atoms. The second-order valence-electron chi connectivity index (χ2n) is 6.00. The van der Waals surface area contributed by atoms with Crippen LogP contribution in [0.1, 0.15) is 40.0 Å². The van der Waals surface area contributed by atoms with Crippen molar-refractivity contribution in [1.29, 1.82) is 0 Å². The van der Waals surface area contributed by atoms with E-state index in [2.05, 4.69) is 25.7 Å². The minimum Gasteiger partial charge on any atom is -0.381 e. The Morgan fingerprint density at radius 1 is 1.21 bits per heavy atom. The van der Waals surface area contributed by atoms with Crippen molar-refractivity contribution in [2.24, 2.45) is 5.41 Å². The van der Waals surface area contributed by atoms with Crippen molar-refractivity contribution in [2.75, 3.05) is 26.3 Å². The van der Waals surface area contributed by atoms with Crippen LogP contribution in [-0.2, 0) is 4.74 Å². The molecule has 2 heteroatoms. The van der Waals surface area contributed by atoms with Crippen LogP contribution in [0.25, 0.3) is 0 Å². The van der Waals surface area contributed by atoms with Gasteiger partial charge in [-0.2, -0.15) is 0 Å². The fourth-order valence-electron chi connectivity index (χ4n) is 2.75. The van der Waals surface area contributed by atoms with Crippen molar-refractivity contribution < 1.29 is 4.74 Å². The molecule has 0 aromatic rings. The molecule has 0 aromatic heterocycles. The first-order chi connectivity index (χ1) is 6.52. The van der Waals surface area contributed by atoms with Gasteiger partial charge in [-0.3, -0.25) is 4.90 Å². The Morgan fingerprint density at radius 3 is 2.57 bits per heavy atom. The van der Waals surface area contributed by atoms with E-state index < -0.39 is 0 Å². The fourth-order valence-corrected chi connectivity index (χ4v) is 2.75. The molecule has 82 valence electrons. The van der Waals surface area contributed by atoms with Crippen LogP contribution in [0.15, 0.2) is 0 Å². The molecule has 0 aromatic carbocycles. The molecular weight excluding hydrogens is 174 g/mol. The SMILES string of the molecule is CC(C)(C)N1CCCC2(CCOC2)C1. The van der Waals surface area contributed by atoms with Crippen molar-refractivity contribution in [2.45, 2.75) is 45.6 Å². The number of rotatable bonds is 0. The Hall–Kier alpha value is -0.0800. The van der Waals surface area contributed by atoms with Crippen molar-refractivity contribution >= 4 is 0 Å². The first-order valence-electron chi connectivity index (χ1n) is 5.85. The van der Waals surface area contributed by atoms with E-state index in [1.165, 1.54) is 32.4 Å². The van der Waals surface area contributed by atoms with E-state index in [0.717, 1.165) is 13.2 Å². The maximum absolute atomic E-state index is 5.57.